The molecule has 8 heteroatoms. The molecule has 0 radical (unpaired) electrons. The van der Waals surface area contributed by atoms with E-state index in [2.05, 4.69) is 20.7 Å². The number of methoxy groups -OCH3 is 1. The number of ether oxygens (including phenoxy) is 1. The van der Waals surface area contributed by atoms with Crippen LogP contribution in [0.3, 0.4) is 0 Å². The van der Waals surface area contributed by atoms with Crippen molar-refractivity contribution in [2.75, 3.05) is 17.7 Å². The molecule has 1 aliphatic rings. The number of aryl methyl sites for hydroxylation is 2. The Labute approximate surface area is 167 Å². The van der Waals surface area contributed by atoms with Crippen LogP contribution in [0.25, 0.3) is 11.4 Å². The summed E-state index contributed by atoms with van der Waals surface area (Å²) in [6, 6.07) is 12.4. The summed E-state index contributed by atoms with van der Waals surface area (Å²) in [7, 11) is 1.60. The molecule has 0 spiro atoms. The van der Waals surface area contributed by atoms with E-state index in [9.17, 15) is 9.59 Å². The predicted octanol–water partition coefficient (Wildman–Crippen LogP) is 3.09. The third-order valence-corrected chi connectivity index (χ3v) is 4.70. The lowest BCUT2D eigenvalue weighted by molar-refractivity contribution is -0.123. The Bertz CT molecular complexity index is 1070. The van der Waals surface area contributed by atoms with Gasteiger partial charge >= 0.3 is 0 Å². The van der Waals surface area contributed by atoms with Crippen LogP contribution in [0.15, 0.2) is 42.5 Å². The lowest BCUT2D eigenvalue weighted by Gasteiger charge is -2.11. The molecule has 2 N–H and O–H groups in total. The first-order valence-electron chi connectivity index (χ1n) is 9.23. The molecule has 1 aliphatic heterocycles. The first-order valence-corrected chi connectivity index (χ1v) is 9.23. The monoisotopic (exact) mass is 391 g/mol. The van der Waals surface area contributed by atoms with Gasteiger partial charge in [-0.15, -0.1) is 5.10 Å². The highest BCUT2D eigenvalue weighted by atomic mass is 16.5. The standard InChI is InChI=1S/C21H21N5O3/c1-12-8-13(2)10-15(9-12)22-18(27)11-17-20(28)24-21-23-19(25-26(17)21)14-4-6-16(29-3)7-5-14/h4-10,17H,11H2,1-3H3,(H,22,27)(H,23,24,25,28). The summed E-state index contributed by atoms with van der Waals surface area (Å²) in [6.45, 7) is 3.94. The maximum absolute atomic E-state index is 12.5. The molecule has 0 saturated carbocycles. The smallest absolute Gasteiger partial charge is 0.252 e. The number of anilines is 2. The molecule has 3 aromatic rings. The van der Waals surface area contributed by atoms with Crippen molar-refractivity contribution in [1.82, 2.24) is 14.8 Å². The van der Waals surface area contributed by atoms with Crippen LogP contribution in [0, 0.1) is 13.8 Å². The Morgan fingerprint density at radius 1 is 1.17 bits per heavy atom. The number of hydrogen-bond donors (Lipinski definition) is 2. The third-order valence-electron chi connectivity index (χ3n) is 4.70. The van der Waals surface area contributed by atoms with Gasteiger partial charge in [-0.3, -0.25) is 14.9 Å². The largest absolute Gasteiger partial charge is 0.497 e. The summed E-state index contributed by atoms with van der Waals surface area (Å²) in [5.74, 6) is 0.989. The third kappa shape index (κ3) is 3.82. The van der Waals surface area contributed by atoms with Crippen molar-refractivity contribution >= 4 is 23.5 Å². The molecular weight excluding hydrogens is 370 g/mol. The number of fused-ring (bicyclic) bond motifs is 1. The van der Waals surface area contributed by atoms with Crippen molar-refractivity contribution in [2.24, 2.45) is 0 Å². The van der Waals surface area contributed by atoms with E-state index in [-0.39, 0.29) is 18.2 Å². The molecular formula is C21H21N5O3. The van der Waals surface area contributed by atoms with Gasteiger partial charge in [-0.2, -0.15) is 4.98 Å². The Morgan fingerprint density at radius 3 is 2.52 bits per heavy atom. The van der Waals surface area contributed by atoms with Gasteiger partial charge in [0.1, 0.15) is 11.8 Å². The molecule has 0 fully saturated rings. The summed E-state index contributed by atoms with van der Waals surface area (Å²) in [5.41, 5.74) is 3.62. The number of carbonyl (C=O) groups excluding carboxylic acids is 2. The van der Waals surface area contributed by atoms with Crippen LogP contribution in [-0.2, 0) is 9.59 Å². The molecule has 4 rings (SSSR count). The molecule has 0 bridgehead atoms. The quantitative estimate of drug-likeness (QED) is 0.696. The lowest BCUT2D eigenvalue weighted by Crippen LogP contribution is -2.23. The van der Waals surface area contributed by atoms with Crippen LogP contribution in [0.4, 0.5) is 11.6 Å². The molecule has 0 saturated heterocycles. The molecule has 29 heavy (non-hydrogen) atoms. The Balaban J connectivity index is 1.51. The lowest BCUT2D eigenvalue weighted by atomic mass is 10.1. The molecule has 0 aliphatic carbocycles. The highest BCUT2D eigenvalue weighted by Crippen LogP contribution is 2.29. The summed E-state index contributed by atoms with van der Waals surface area (Å²) >= 11 is 0. The SMILES string of the molecule is COc1ccc(-c2nc3n(n2)C(CC(=O)Nc2cc(C)cc(C)c2)C(=O)N3)cc1. The first kappa shape index (κ1) is 18.7. The maximum atomic E-state index is 12.5. The first-order chi connectivity index (χ1) is 13.9. The molecule has 1 aromatic heterocycles. The van der Waals surface area contributed by atoms with Crippen LogP contribution < -0.4 is 15.4 Å². The van der Waals surface area contributed by atoms with E-state index in [0.29, 0.717) is 17.5 Å². The van der Waals surface area contributed by atoms with Gasteiger partial charge in [0, 0.05) is 11.3 Å². The van der Waals surface area contributed by atoms with Crippen LogP contribution in [-0.4, -0.2) is 33.7 Å². The van der Waals surface area contributed by atoms with E-state index in [1.165, 1.54) is 4.68 Å². The van der Waals surface area contributed by atoms with Gasteiger partial charge in [-0.1, -0.05) is 6.07 Å². The van der Waals surface area contributed by atoms with E-state index >= 15 is 0 Å². The maximum Gasteiger partial charge on any atom is 0.252 e. The van der Waals surface area contributed by atoms with Gasteiger partial charge in [0.05, 0.1) is 13.5 Å². The van der Waals surface area contributed by atoms with Crippen LogP contribution in [0.2, 0.25) is 0 Å². The van der Waals surface area contributed by atoms with Gasteiger partial charge in [0.2, 0.25) is 11.9 Å². The van der Waals surface area contributed by atoms with Crippen LogP contribution >= 0.6 is 0 Å². The average Bonchev–Trinajstić information content (AvgIpc) is 3.20. The average molecular weight is 391 g/mol. The molecule has 8 nitrogen and oxygen atoms in total. The number of nitrogens with zero attached hydrogens (tertiary/aromatic N) is 3. The van der Waals surface area contributed by atoms with Crippen molar-refractivity contribution in [1.29, 1.82) is 0 Å². The zero-order valence-electron chi connectivity index (χ0n) is 16.4. The van der Waals surface area contributed by atoms with Crippen molar-refractivity contribution < 1.29 is 14.3 Å². The number of aromatic nitrogens is 3. The summed E-state index contributed by atoms with van der Waals surface area (Å²) in [5, 5.41) is 9.99. The predicted molar refractivity (Wildman–Crippen MR) is 109 cm³/mol. The number of benzene rings is 2. The van der Waals surface area contributed by atoms with Crippen LogP contribution in [0.5, 0.6) is 5.75 Å². The van der Waals surface area contributed by atoms with E-state index in [4.69, 9.17) is 4.74 Å². The second-order valence-corrected chi connectivity index (χ2v) is 7.07. The zero-order chi connectivity index (χ0) is 20.5. The molecule has 1 unspecified atom stereocenters. The Morgan fingerprint density at radius 2 is 1.86 bits per heavy atom. The summed E-state index contributed by atoms with van der Waals surface area (Å²) in [4.78, 5) is 29.2. The Hall–Kier alpha value is -3.68. The fraction of sp³-hybridized carbons (Fsp3) is 0.238. The van der Waals surface area contributed by atoms with Crippen molar-refractivity contribution in [3.8, 4) is 17.1 Å². The minimum atomic E-state index is -0.740. The molecule has 1 atom stereocenters. The minimum absolute atomic E-state index is 0.0305. The van der Waals surface area contributed by atoms with Crippen molar-refractivity contribution in [3.05, 3.63) is 53.6 Å². The number of nitrogens with one attached hydrogen (secondary N) is 2. The van der Waals surface area contributed by atoms with Gasteiger partial charge in [0.15, 0.2) is 5.82 Å². The topological polar surface area (TPSA) is 98.1 Å². The van der Waals surface area contributed by atoms with Crippen molar-refractivity contribution in [3.63, 3.8) is 0 Å². The summed E-state index contributed by atoms with van der Waals surface area (Å²) in [6.07, 6.45) is -0.0305. The van der Waals surface area contributed by atoms with E-state index in [1.54, 1.807) is 7.11 Å². The number of amides is 2. The molecule has 2 amide bonds. The number of hydrogen-bond acceptors (Lipinski definition) is 5. The van der Waals surface area contributed by atoms with Gasteiger partial charge in [-0.05, 0) is 61.4 Å². The van der Waals surface area contributed by atoms with E-state index < -0.39 is 6.04 Å². The molecule has 2 aromatic carbocycles. The zero-order valence-corrected chi connectivity index (χ0v) is 16.4. The second-order valence-electron chi connectivity index (χ2n) is 7.07. The van der Waals surface area contributed by atoms with Gasteiger partial charge in [0.25, 0.3) is 5.91 Å². The fourth-order valence-corrected chi connectivity index (χ4v) is 3.41. The van der Waals surface area contributed by atoms with Gasteiger partial charge < -0.3 is 10.1 Å². The minimum Gasteiger partial charge on any atom is -0.497 e. The molecule has 2 heterocycles. The fourth-order valence-electron chi connectivity index (χ4n) is 3.41. The highest BCUT2D eigenvalue weighted by molar-refractivity contribution is 6.01. The van der Waals surface area contributed by atoms with E-state index in [1.807, 2.05) is 56.3 Å². The van der Waals surface area contributed by atoms with Gasteiger partial charge in [-0.25, -0.2) is 4.68 Å². The molecule has 148 valence electrons. The van der Waals surface area contributed by atoms with Crippen LogP contribution in [0.1, 0.15) is 23.6 Å². The van der Waals surface area contributed by atoms with Crippen molar-refractivity contribution in [2.45, 2.75) is 26.3 Å². The Kier molecular flexibility index (Phi) is 4.75. The number of rotatable bonds is 5. The highest BCUT2D eigenvalue weighted by Gasteiger charge is 2.35. The summed E-state index contributed by atoms with van der Waals surface area (Å²) < 4.78 is 6.63. The number of carbonyl (C=O) groups is 2. The van der Waals surface area contributed by atoms with E-state index in [0.717, 1.165) is 22.4 Å². The second kappa shape index (κ2) is 7.38. The normalized spacial score (nSPS) is 15.0.